The van der Waals surface area contributed by atoms with Crippen molar-refractivity contribution in [2.75, 3.05) is 0 Å². The number of hydrogen-bond acceptors (Lipinski definition) is 1. The molecule has 0 aliphatic heterocycles. The molecule has 3 rings (SSSR count). The highest BCUT2D eigenvalue weighted by atomic mass is 16.1. The molecule has 1 fully saturated rings. The normalized spacial score (nSPS) is 16.3. The SMILES string of the molecule is CCc1cccc2c(C(=O)C3CCCC3)cn(C)c12. The molecular formula is C17H21NO. The van der Waals surface area contributed by atoms with Gasteiger partial charge < -0.3 is 4.57 Å². The Labute approximate surface area is 114 Å². The molecule has 2 aromatic rings. The highest BCUT2D eigenvalue weighted by Gasteiger charge is 2.26. The van der Waals surface area contributed by atoms with Crippen molar-refractivity contribution >= 4 is 16.7 Å². The molecule has 0 spiro atoms. The van der Waals surface area contributed by atoms with Crippen molar-refractivity contribution in [1.29, 1.82) is 0 Å². The number of aromatic nitrogens is 1. The van der Waals surface area contributed by atoms with Crippen molar-refractivity contribution in [2.45, 2.75) is 39.0 Å². The summed E-state index contributed by atoms with van der Waals surface area (Å²) in [6.45, 7) is 2.17. The lowest BCUT2D eigenvalue weighted by Crippen LogP contribution is -2.10. The minimum atomic E-state index is 0.260. The summed E-state index contributed by atoms with van der Waals surface area (Å²) in [5.41, 5.74) is 3.48. The van der Waals surface area contributed by atoms with Gasteiger partial charge in [-0.2, -0.15) is 0 Å². The van der Waals surface area contributed by atoms with E-state index in [-0.39, 0.29) is 5.92 Å². The Bertz CT molecular complexity index is 617. The Morgan fingerprint density at radius 3 is 2.74 bits per heavy atom. The molecule has 2 nitrogen and oxygen atoms in total. The molecule has 1 aliphatic carbocycles. The number of Topliss-reactive ketones (excluding diaryl/α,β-unsaturated/α-hetero) is 1. The van der Waals surface area contributed by atoms with Crippen molar-refractivity contribution in [3.63, 3.8) is 0 Å². The quantitative estimate of drug-likeness (QED) is 0.756. The molecule has 0 saturated heterocycles. The third-order valence-corrected chi connectivity index (χ3v) is 4.46. The van der Waals surface area contributed by atoms with E-state index < -0.39 is 0 Å². The Morgan fingerprint density at radius 2 is 2.05 bits per heavy atom. The summed E-state index contributed by atoms with van der Waals surface area (Å²) in [6, 6.07) is 6.33. The Kier molecular flexibility index (Phi) is 3.17. The summed E-state index contributed by atoms with van der Waals surface area (Å²) in [7, 11) is 2.05. The number of carbonyl (C=O) groups excluding carboxylic acids is 1. The van der Waals surface area contributed by atoms with Crippen LogP contribution in [0.3, 0.4) is 0 Å². The number of aryl methyl sites for hydroxylation is 2. The van der Waals surface area contributed by atoms with Crippen LogP contribution < -0.4 is 0 Å². The van der Waals surface area contributed by atoms with Gasteiger partial charge in [-0.25, -0.2) is 0 Å². The molecule has 1 aliphatic rings. The number of fused-ring (bicyclic) bond motifs is 1. The highest BCUT2D eigenvalue weighted by molar-refractivity contribution is 6.09. The van der Waals surface area contributed by atoms with Crippen molar-refractivity contribution in [3.8, 4) is 0 Å². The first-order chi connectivity index (χ1) is 9.22. The Balaban J connectivity index is 2.12. The molecule has 0 radical (unpaired) electrons. The van der Waals surface area contributed by atoms with Crippen LogP contribution in [0.1, 0.15) is 48.5 Å². The average Bonchev–Trinajstić information content (AvgIpc) is 3.06. The van der Waals surface area contributed by atoms with Crippen LogP contribution in [0.15, 0.2) is 24.4 Å². The summed E-state index contributed by atoms with van der Waals surface area (Å²) < 4.78 is 2.12. The van der Waals surface area contributed by atoms with E-state index in [1.54, 1.807) is 0 Å². The maximum absolute atomic E-state index is 12.7. The van der Waals surface area contributed by atoms with Crippen LogP contribution in [-0.4, -0.2) is 10.4 Å². The first kappa shape index (κ1) is 12.5. The second kappa shape index (κ2) is 4.84. The highest BCUT2D eigenvalue weighted by Crippen LogP contribution is 2.32. The zero-order valence-electron chi connectivity index (χ0n) is 11.8. The molecule has 100 valence electrons. The van der Waals surface area contributed by atoms with Gasteiger partial charge in [-0.05, 0) is 24.8 Å². The number of para-hydroxylation sites is 1. The predicted octanol–water partition coefficient (Wildman–Crippen LogP) is 4.11. The standard InChI is InChI=1S/C17H21NO/c1-3-12-9-6-10-14-15(11-18(2)16(12)14)17(19)13-7-4-5-8-13/h6,9-11,13H,3-5,7-8H2,1-2H3. The fourth-order valence-corrected chi connectivity index (χ4v) is 3.44. The molecule has 1 aromatic carbocycles. The van der Waals surface area contributed by atoms with Gasteiger partial charge in [-0.15, -0.1) is 0 Å². The monoisotopic (exact) mass is 255 g/mol. The minimum absolute atomic E-state index is 0.260. The second-order valence-electron chi connectivity index (χ2n) is 5.67. The zero-order chi connectivity index (χ0) is 13.4. The lowest BCUT2D eigenvalue weighted by atomic mass is 9.95. The van der Waals surface area contributed by atoms with Gasteiger partial charge in [0.25, 0.3) is 0 Å². The van der Waals surface area contributed by atoms with E-state index in [0.717, 1.165) is 30.2 Å². The van der Waals surface area contributed by atoms with Crippen LogP contribution in [0.5, 0.6) is 0 Å². The molecular weight excluding hydrogens is 234 g/mol. The summed E-state index contributed by atoms with van der Waals surface area (Å²) >= 11 is 0. The van der Waals surface area contributed by atoms with Gasteiger partial charge >= 0.3 is 0 Å². The number of ketones is 1. The van der Waals surface area contributed by atoms with Crippen molar-refractivity contribution in [2.24, 2.45) is 13.0 Å². The van der Waals surface area contributed by atoms with Gasteiger partial charge in [-0.3, -0.25) is 4.79 Å². The van der Waals surface area contributed by atoms with Crippen LogP contribution in [0.25, 0.3) is 10.9 Å². The van der Waals surface area contributed by atoms with Gasteiger partial charge in [0.1, 0.15) is 0 Å². The van der Waals surface area contributed by atoms with Crippen LogP contribution in [0, 0.1) is 5.92 Å². The van der Waals surface area contributed by atoms with Crippen molar-refractivity contribution in [1.82, 2.24) is 4.57 Å². The summed E-state index contributed by atoms with van der Waals surface area (Å²) in [4.78, 5) is 12.7. The Morgan fingerprint density at radius 1 is 1.32 bits per heavy atom. The van der Waals surface area contributed by atoms with Crippen molar-refractivity contribution < 1.29 is 4.79 Å². The van der Waals surface area contributed by atoms with E-state index in [1.165, 1.54) is 23.9 Å². The number of benzene rings is 1. The Hall–Kier alpha value is -1.57. The summed E-state index contributed by atoms with van der Waals surface area (Å²) in [6.07, 6.45) is 7.60. The molecule has 1 heterocycles. The number of carbonyl (C=O) groups is 1. The lowest BCUT2D eigenvalue weighted by molar-refractivity contribution is 0.0924. The maximum atomic E-state index is 12.7. The molecule has 2 heteroatoms. The van der Waals surface area contributed by atoms with E-state index in [4.69, 9.17) is 0 Å². The van der Waals surface area contributed by atoms with E-state index in [2.05, 4.69) is 29.7 Å². The topological polar surface area (TPSA) is 22.0 Å². The van der Waals surface area contributed by atoms with E-state index in [1.807, 2.05) is 13.2 Å². The molecule has 0 bridgehead atoms. The van der Waals surface area contributed by atoms with Crippen LogP contribution in [0.2, 0.25) is 0 Å². The van der Waals surface area contributed by atoms with Gasteiger partial charge in [0.2, 0.25) is 0 Å². The maximum Gasteiger partial charge on any atom is 0.168 e. The minimum Gasteiger partial charge on any atom is -0.350 e. The van der Waals surface area contributed by atoms with Crippen molar-refractivity contribution in [3.05, 3.63) is 35.5 Å². The molecule has 19 heavy (non-hydrogen) atoms. The molecule has 0 N–H and O–H groups in total. The predicted molar refractivity (Wildman–Crippen MR) is 78.6 cm³/mol. The van der Waals surface area contributed by atoms with Crippen LogP contribution >= 0.6 is 0 Å². The lowest BCUT2D eigenvalue weighted by Gasteiger charge is -2.06. The van der Waals surface area contributed by atoms with E-state index in [0.29, 0.717) is 5.78 Å². The first-order valence-corrected chi connectivity index (χ1v) is 7.33. The average molecular weight is 255 g/mol. The smallest absolute Gasteiger partial charge is 0.168 e. The zero-order valence-corrected chi connectivity index (χ0v) is 11.8. The third kappa shape index (κ3) is 1.99. The largest absolute Gasteiger partial charge is 0.350 e. The number of nitrogens with zero attached hydrogens (tertiary/aromatic N) is 1. The summed E-state index contributed by atoms with van der Waals surface area (Å²) in [5.74, 6) is 0.618. The van der Waals surface area contributed by atoms with Crippen LogP contribution in [0.4, 0.5) is 0 Å². The molecule has 0 atom stereocenters. The van der Waals surface area contributed by atoms with Gasteiger partial charge in [-0.1, -0.05) is 38.0 Å². The van der Waals surface area contributed by atoms with Gasteiger partial charge in [0.05, 0.1) is 5.52 Å². The van der Waals surface area contributed by atoms with Crippen LogP contribution in [-0.2, 0) is 13.5 Å². The van der Waals surface area contributed by atoms with E-state index in [9.17, 15) is 4.79 Å². The van der Waals surface area contributed by atoms with Gasteiger partial charge in [0, 0.05) is 30.1 Å². The number of hydrogen-bond donors (Lipinski definition) is 0. The first-order valence-electron chi connectivity index (χ1n) is 7.33. The third-order valence-electron chi connectivity index (χ3n) is 4.46. The fraction of sp³-hybridized carbons (Fsp3) is 0.471. The molecule has 0 amide bonds. The summed E-state index contributed by atoms with van der Waals surface area (Å²) in [5, 5.41) is 1.14. The molecule has 0 unspecified atom stereocenters. The number of rotatable bonds is 3. The fourth-order valence-electron chi connectivity index (χ4n) is 3.44. The van der Waals surface area contributed by atoms with E-state index >= 15 is 0 Å². The molecule has 1 aromatic heterocycles. The second-order valence-corrected chi connectivity index (χ2v) is 5.67. The molecule has 1 saturated carbocycles. The van der Waals surface area contributed by atoms with Gasteiger partial charge in [0.15, 0.2) is 5.78 Å².